The van der Waals surface area contributed by atoms with Crippen LogP contribution in [0.25, 0.3) is 0 Å². The van der Waals surface area contributed by atoms with Crippen LogP contribution in [0.2, 0.25) is 0 Å². The first-order chi connectivity index (χ1) is 9.03. The zero-order valence-electron chi connectivity index (χ0n) is 9.70. The Morgan fingerprint density at radius 1 is 1.42 bits per heavy atom. The molecule has 2 aromatic rings. The minimum atomic E-state index is -3.74. The van der Waals surface area contributed by atoms with Crippen LogP contribution in [-0.4, -0.2) is 13.4 Å². The normalized spacial score (nSPS) is 11.1. The smallest absolute Gasteiger partial charge is 0.242 e. The van der Waals surface area contributed by atoms with Crippen LogP contribution in [0, 0.1) is 11.3 Å². The van der Waals surface area contributed by atoms with Gasteiger partial charge in [-0.05, 0) is 12.1 Å². The highest BCUT2D eigenvalue weighted by molar-refractivity contribution is 7.89. The Morgan fingerprint density at radius 2 is 2.16 bits per heavy atom. The maximum Gasteiger partial charge on any atom is 0.242 e. The third-order valence-electron chi connectivity index (χ3n) is 2.31. The van der Waals surface area contributed by atoms with Crippen molar-refractivity contribution in [3.63, 3.8) is 0 Å². The van der Waals surface area contributed by atoms with E-state index in [2.05, 4.69) is 9.71 Å². The van der Waals surface area contributed by atoms with Crippen molar-refractivity contribution in [2.45, 2.75) is 11.4 Å². The van der Waals surface area contributed by atoms with Crippen LogP contribution in [-0.2, 0) is 16.6 Å². The summed E-state index contributed by atoms with van der Waals surface area (Å²) >= 11 is 1.24. The molecule has 0 aliphatic rings. The van der Waals surface area contributed by atoms with Crippen molar-refractivity contribution in [3.8, 4) is 6.07 Å². The topological polar surface area (TPSA) is 109 Å². The molecule has 6 nitrogen and oxygen atoms in total. The molecule has 0 aliphatic heterocycles. The van der Waals surface area contributed by atoms with Crippen LogP contribution in [0.15, 0.2) is 34.5 Å². The molecule has 0 unspecified atom stereocenters. The van der Waals surface area contributed by atoms with E-state index in [1.807, 2.05) is 6.07 Å². The molecule has 1 aromatic carbocycles. The third kappa shape index (κ3) is 3.08. The van der Waals surface area contributed by atoms with E-state index in [9.17, 15) is 8.42 Å². The fourth-order valence-electron chi connectivity index (χ4n) is 1.44. The Morgan fingerprint density at radius 3 is 2.79 bits per heavy atom. The molecule has 0 fully saturated rings. The van der Waals surface area contributed by atoms with Gasteiger partial charge in [0.1, 0.15) is 6.07 Å². The Labute approximate surface area is 114 Å². The van der Waals surface area contributed by atoms with Crippen molar-refractivity contribution in [2.24, 2.45) is 0 Å². The molecule has 3 N–H and O–H groups in total. The number of anilines is 1. The molecular weight excluding hydrogens is 284 g/mol. The highest BCUT2D eigenvalue weighted by Gasteiger charge is 2.18. The van der Waals surface area contributed by atoms with E-state index in [0.717, 1.165) is 0 Å². The number of nitrogen functional groups attached to an aromatic ring is 1. The number of nitrogens with one attached hydrogen (secondary N) is 1. The van der Waals surface area contributed by atoms with Gasteiger partial charge in [0, 0.05) is 5.38 Å². The molecular formula is C11H10N4O2S2. The lowest BCUT2D eigenvalue weighted by Gasteiger charge is -2.06. The third-order valence-corrected chi connectivity index (χ3v) is 4.49. The summed E-state index contributed by atoms with van der Waals surface area (Å²) < 4.78 is 26.5. The Hall–Kier alpha value is -1.95. The van der Waals surface area contributed by atoms with Crippen LogP contribution in [0.4, 0.5) is 5.13 Å². The summed E-state index contributed by atoms with van der Waals surface area (Å²) in [5.41, 5.74) is 6.11. The van der Waals surface area contributed by atoms with E-state index in [4.69, 9.17) is 11.0 Å². The highest BCUT2D eigenvalue weighted by atomic mass is 32.2. The van der Waals surface area contributed by atoms with Gasteiger partial charge >= 0.3 is 0 Å². The Balaban J connectivity index is 2.21. The molecule has 19 heavy (non-hydrogen) atoms. The van der Waals surface area contributed by atoms with E-state index in [1.54, 1.807) is 17.5 Å². The maximum atomic E-state index is 12.1. The van der Waals surface area contributed by atoms with Gasteiger partial charge < -0.3 is 5.73 Å². The van der Waals surface area contributed by atoms with E-state index < -0.39 is 10.0 Å². The number of nitrogens with zero attached hydrogens (tertiary/aromatic N) is 2. The van der Waals surface area contributed by atoms with Crippen LogP contribution in [0.5, 0.6) is 0 Å². The minimum absolute atomic E-state index is 0.0375. The predicted octanol–water partition coefficient (Wildman–Crippen LogP) is 1.08. The van der Waals surface area contributed by atoms with Crippen LogP contribution in [0.1, 0.15) is 11.3 Å². The molecule has 0 aliphatic carbocycles. The molecule has 98 valence electrons. The van der Waals surface area contributed by atoms with Gasteiger partial charge in [0.25, 0.3) is 0 Å². The molecule has 8 heteroatoms. The maximum absolute atomic E-state index is 12.1. The van der Waals surface area contributed by atoms with Crippen molar-refractivity contribution in [2.75, 3.05) is 5.73 Å². The second-order valence-corrected chi connectivity index (χ2v) is 6.23. The first-order valence-electron chi connectivity index (χ1n) is 5.21. The number of rotatable bonds is 4. The molecule has 0 amide bonds. The predicted molar refractivity (Wildman–Crippen MR) is 71.7 cm³/mol. The minimum Gasteiger partial charge on any atom is -0.375 e. The summed E-state index contributed by atoms with van der Waals surface area (Å²) in [5.74, 6) is 0. The lowest BCUT2D eigenvalue weighted by molar-refractivity contribution is 0.580. The van der Waals surface area contributed by atoms with Crippen LogP contribution < -0.4 is 10.5 Å². The number of hydrogen-bond acceptors (Lipinski definition) is 6. The van der Waals surface area contributed by atoms with E-state index in [1.165, 1.54) is 23.5 Å². The Kier molecular flexibility index (Phi) is 3.80. The number of thiazole rings is 1. The van der Waals surface area contributed by atoms with Gasteiger partial charge in [-0.15, -0.1) is 11.3 Å². The largest absolute Gasteiger partial charge is 0.375 e. The average molecular weight is 294 g/mol. The zero-order valence-corrected chi connectivity index (χ0v) is 11.3. The van der Waals surface area contributed by atoms with Crippen molar-refractivity contribution < 1.29 is 8.42 Å². The van der Waals surface area contributed by atoms with Gasteiger partial charge in [-0.1, -0.05) is 12.1 Å². The van der Waals surface area contributed by atoms with Crippen molar-refractivity contribution in [1.29, 1.82) is 5.26 Å². The number of sulfonamides is 1. The lowest BCUT2D eigenvalue weighted by atomic mass is 10.2. The van der Waals surface area contributed by atoms with Gasteiger partial charge in [-0.3, -0.25) is 0 Å². The van der Waals surface area contributed by atoms with Gasteiger partial charge in [-0.25, -0.2) is 18.1 Å². The second-order valence-electron chi connectivity index (χ2n) is 3.61. The molecule has 0 radical (unpaired) electrons. The van der Waals surface area contributed by atoms with Gasteiger partial charge in [0.15, 0.2) is 5.13 Å². The van der Waals surface area contributed by atoms with E-state index in [-0.39, 0.29) is 17.0 Å². The number of nitriles is 1. The van der Waals surface area contributed by atoms with Crippen LogP contribution in [0.3, 0.4) is 0 Å². The quantitative estimate of drug-likeness (QED) is 0.876. The molecule has 0 atom stereocenters. The molecule has 1 heterocycles. The van der Waals surface area contributed by atoms with E-state index in [0.29, 0.717) is 10.8 Å². The standard InChI is InChI=1S/C11H10N4O2S2/c12-5-8-3-1-2-4-10(8)19(16,17)14-6-9-7-18-11(13)15-9/h1-4,7,14H,6H2,(H2,13,15). The molecule has 0 saturated carbocycles. The zero-order chi connectivity index (χ0) is 13.9. The van der Waals surface area contributed by atoms with Gasteiger partial charge in [0.2, 0.25) is 10.0 Å². The lowest BCUT2D eigenvalue weighted by Crippen LogP contribution is -2.24. The molecule has 0 saturated heterocycles. The number of benzene rings is 1. The summed E-state index contributed by atoms with van der Waals surface area (Å²) in [7, 11) is -3.74. The van der Waals surface area contributed by atoms with Crippen molar-refractivity contribution in [1.82, 2.24) is 9.71 Å². The monoisotopic (exact) mass is 294 g/mol. The first kappa shape index (κ1) is 13.5. The highest BCUT2D eigenvalue weighted by Crippen LogP contribution is 2.15. The fourth-order valence-corrected chi connectivity index (χ4v) is 3.16. The molecule has 1 aromatic heterocycles. The summed E-state index contributed by atoms with van der Waals surface area (Å²) in [6.45, 7) is 0.0375. The molecule has 0 spiro atoms. The first-order valence-corrected chi connectivity index (χ1v) is 7.58. The number of nitrogens with two attached hydrogens (primary N) is 1. The SMILES string of the molecule is N#Cc1ccccc1S(=O)(=O)NCc1csc(N)n1. The van der Waals surface area contributed by atoms with Crippen LogP contribution >= 0.6 is 11.3 Å². The Bertz CT molecular complexity index is 731. The molecule has 0 bridgehead atoms. The summed E-state index contributed by atoms with van der Waals surface area (Å²) in [4.78, 5) is 3.91. The van der Waals surface area contributed by atoms with Gasteiger partial charge in [-0.2, -0.15) is 5.26 Å². The number of hydrogen-bond donors (Lipinski definition) is 2. The summed E-state index contributed by atoms with van der Waals surface area (Å²) in [6.07, 6.45) is 0. The molecule has 2 rings (SSSR count). The van der Waals surface area contributed by atoms with Gasteiger partial charge in [0.05, 0.1) is 22.7 Å². The van der Waals surface area contributed by atoms with Crippen molar-refractivity contribution in [3.05, 3.63) is 40.9 Å². The van der Waals surface area contributed by atoms with E-state index >= 15 is 0 Å². The average Bonchev–Trinajstić information content (AvgIpc) is 2.82. The summed E-state index contributed by atoms with van der Waals surface area (Å²) in [6, 6.07) is 7.87. The summed E-state index contributed by atoms with van der Waals surface area (Å²) in [5, 5.41) is 11.0. The fraction of sp³-hybridized carbons (Fsp3) is 0.0909. The second kappa shape index (κ2) is 5.36. The van der Waals surface area contributed by atoms with Crippen molar-refractivity contribution >= 4 is 26.5 Å². The number of aromatic nitrogens is 1.